The van der Waals surface area contributed by atoms with E-state index in [0.29, 0.717) is 5.39 Å². The van der Waals surface area contributed by atoms with Crippen LogP contribution in [-0.2, 0) is 0 Å². The Morgan fingerprint density at radius 2 is 2.20 bits per heavy atom. The van der Waals surface area contributed by atoms with Gasteiger partial charge in [-0.2, -0.15) is 0 Å². The van der Waals surface area contributed by atoms with Crippen molar-refractivity contribution in [2.75, 3.05) is 0 Å². The van der Waals surface area contributed by atoms with E-state index in [1.54, 1.807) is 0 Å². The number of fused-ring (bicyclic) bond motifs is 1. The topological polar surface area (TPSA) is 83.0 Å². The van der Waals surface area contributed by atoms with Crippen LogP contribution in [0, 0.1) is 0 Å². The summed E-state index contributed by atoms with van der Waals surface area (Å²) in [5.74, 6) is -1.21. The normalized spacial score (nSPS) is 10.5. The van der Waals surface area contributed by atoms with Crippen molar-refractivity contribution in [3.63, 3.8) is 0 Å². The van der Waals surface area contributed by atoms with Crippen LogP contribution in [0.2, 0.25) is 5.15 Å². The number of aromatic carboxylic acids is 1. The molecular weight excluding hydrogens is 220 g/mol. The lowest BCUT2D eigenvalue weighted by Crippen LogP contribution is -2.10. The molecule has 2 aromatic heterocycles. The number of hydrogen-bond acceptors (Lipinski definition) is 3. The fourth-order valence-corrected chi connectivity index (χ4v) is 1.36. The molecule has 0 amide bonds. The van der Waals surface area contributed by atoms with Crippen LogP contribution >= 0.6 is 11.6 Å². The third kappa shape index (κ3) is 1.69. The van der Waals surface area contributed by atoms with Crippen molar-refractivity contribution >= 4 is 28.6 Å². The van der Waals surface area contributed by atoms with Crippen LogP contribution in [0.4, 0.5) is 0 Å². The van der Waals surface area contributed by atoms with Crippen LogP contribution in [0.5, 0.6) is 0 Å². The van der Waals surface area contributed by atoms with Gasteiger partial charge in [-0.15, -0.1) is 0 Å². The van der Waals surface area contributed by atoms with Crippen molar-refractivity contribution in [3.05, 3.63) is 39.3 Å². The first-order chi connectivity index (χ1) is 7.08. The molecule has 0 saturated carbocycles. The summed E-state index contributed by atoms with van der Waals surface area (Å²) in [6.45, 7) is 0. The fourth-order valence-electron chi connectivity index (χ4n) is 1.22. The average Bonchev–Trinajstić information content (AvgIpc) is 2.16. The van der Waals surface area contributed by atoms with Gasteiger partial charge < -0.3 is 10.1 Å². The number of carboxylic acids is 1. The monoisotopic (exact) mass is 224 g/mol. The number of rotatable bonds is 1. The predicted molar refractivity (Wildman–Crippen MR) is 54.3 cm³/mol. The van der Waals surface area contributed by atoms with Crippen LogP contribution < -0.4 is 5.43 Å². The third-order valence-electron chi connectivity index (χ3n) is 1.89. The molecule has 0 atom stereocenters. The standard InChI is InChI=1S/C9H5ClN2O3/c10-7-2-1-4-6(13)3-5(9(14)15)11-8(4)12-7/h1-3H,(H,14,15)(H,11,12,13). The molecule has 15 heavy (non-hydrogen) atoms. The molecule has 2 heterocycles. The Morgan fingerprint density at radius 3 is 2.87 bits per heavy atom. The van der Waals surface area contributed by atoms with Crippen molar-refractivity contribution in [1.29, 1.82) is 0 Å². The second-order valence-electron chi connectivity index (χ2n) is 2.88. The molecule has 76 valence electrons. The first kappa shape index (κ1) is 9.67. The molecule has 5 nitrogen and oxygen atoms in total. The molecule has 0 aliphatic carbocycles. The smallest absolute Gasteiger partial charge is 0.352 e. The predicted octanol–water partition coefficient (Wildman–Crippen LogP) is 1.27. The van der Waals surface area contributed by atoms with E-state index in [0.717, 1.165) is 6.07 Å². The molecule has 0 radical (unpaired) electrons. The van der Waals surface area contributed by atoms with E-state index >= 15 is 0 Å². The molecule has 0 aliphatic heterocycles. The number of H-pyrrole nitrogens is 1. The summed E-state index contributed by atoms with van der Waals surface area (Å²) in [6, 6.07) is 3.98. The van der Waals surface area contributed by atoms with Crippen molar-refractivity contribution in [1.82, 2.24) is 9.97 Å². The van der Waals surface area contributed by atoms with Gasteiger partial charge in [-0.1, -0.05) is 11.6 Å². The minimum Gasteiger partial charge on any atom is -0.477 e. The Labute approximate surface area is 88.3 Å². The summed E-state index contributed by atoms with van der Waals surface area (Å²) in [5.41, 5.74) is -0.431. The molecular formula is C9H5ClN2O3. The zero-order chi connectivity index (χ0) is 11.0. The largest absolute Gasteiger partial charge is 0.477 e. The fraction of sp³-hybridized carbons (Fsp3) is 0. The van der Waals surface area contributed by atoms with Gasteiger partial charge >= 0.3 is 5.97 Å². The molecule has 0 saturated heterocycles. The van der Waals surface area contributed by atoms with Gasteiger partial charge in [-0.25, -0.2) is 9.78 Å². The highest BCUT2D eigenvalue weighted by atomic mass is 35.5. The van der Waals surface area contributed by atoms with E-state index < -0.39 is 11.4 Å². The average molecular weight is 225 g/mol. The van der Waals surface area contributed by atoms with E-state index in [1.165, 1.54) is 12.1 Å². The van der Waals surface area contributed by atoms with Gasteiger partial charge in [0.15, 0.2) is 5.43 Å². The summed E-state index contributed by atoms with van der Waals surface area (Å²) in [4.78, 5) is 28.4. The lowest BCUT2D eigenvalue weighted by Gasteiger charge is -1.99. The van der Waals surface area contributed by atoms with Gasteiger partial charge in [0.25, 0.3) is 0 Å². The summed E-state index contributed by atoms with van der Waals surface area (Å²) in [5, 5.41) is 9.21. The zero-order valence-corrected chi connectivity index (χ0v) is 8.08. The molecule has 2 rings (SSSR count). The van der Waals surface area contributed by atoms with E-state index in [-0.39, 0.29) is 16.5 Å². The molecule has 2 aromatic rings. The van der Waals surface area contributed by atoms with Gasteiger partial charge in [-0.05, 0) is 12.1 Å². The number of nitrogens with zero attached hydrogens (tertiary/aromatic N) is 1. The van der Waals surface area contributed by atoms with E-state index in [4.69, 9.17) is 16.7 Å². The number of nitrogens with one attached hydrogen (secondary N) is 1. The Morgan fingerprint density at radius 1 is 1.47 bits per heavy atom. The Balaban J connectivity index is 2.85. The summed E-state index contributed by atoms with van der Waals surface area (Å²) in [7, 11) is 0. The maximum absolute atomic E-state index is 11.4. The van der Waals surface area contributed by atoms with Crippen LogP contribution in [0.15, 0.2) is 23.0 Å². The molecule has 2 N–H and O–H groups in total. The zero-order valence-electron chi connectivity index (χ0n) is 7.32. The highest BCUT2D eigenvalue weighted by Gasteiger charge is 2.08. The maximum atomic E-state index is 11.4. The number of hydrogen-bond donors (Lipinski definition) is 2. The number of aromatic amines is 1. The summed E-state index contributed by atoms with van der Waals surface area (Å²) < 4.78 is 0. The van der Waals surface area contributed by atoms with Crippen LogP contribution in [-0.4, -0.2) is 21.0 Å². The van der Waals surface area contributed by atoms with Crippen molar-refractivity contribution in [3.8, 4) is 0 Å². The molecule has 0 aliphatic rings. The number of carbonyl (C=O) groups is 1. The van der Waals surface area contributed by atoms with Gasteiger partial charge in [0, 0.05) is 6.07 Å². The molecule has 0 bridgehead atoms. The lowest BCUT2D eigenvalue weighted by atomic mass is 10.2. The second-order valence-corrected chi connectivity index (χ2v) is 3.27. The first-order valence-corrected chi connectivity index (χ1v) is 4.38. The molecule has 6 heteroatoms. The molecule has 0 spiro atoms. The van der Waals surface area contributed by atoms with Gasteiger partial charge in [0.05, 0.1) is 5.39 Å². The first-order valence-electron chi connectivity index (χ1n) is 4.01. The van der Waals surface area contributed by atoms with E-state index in [9.17, 15) is 9.59 Å². The van der Waals surface area contributed by atoms with E-state index in [1.807, 2.05) is 0 Å². The number of pyridine rings is 2. The minimum absolute atomic E-state index is 0.174. The Bertz CT molecular complexity index is 606. The molecule has 0 fully saturated rings. The van der Waals surface area contributed by atoms with Crippen molar-refractivity contribution in [2.45, 2.75) is 0 Å². The van der Waals surface area contributed by atoms with Crippen LogP contribution in [0.1, 0.15) is 10.5 Å². The summed E-state index contributed by atoms with van der Waals surface area (Å²) >= 11 is 5.62. The van der Waals surface area contributed by atoms with Crippen LogP contribution in [0.3, 0.4) is 0 Å². The van der Waals surface area contributed by atoms with Crippen molar-refractivity contribution < 1.29 is 9.90 Å². The SMILES string of the molecule is O=C(O)c1cc(=O)c2ccc(Cl)nc2[nH]1. The maximum Gasteiger partial charge on any atom is 0.352 e. The van der Waals surface area contributed by atoms with Crippen LogP contribution in [0.25, 0.3) is 11.0 Å². The van der Waals surface area contributed by atoms with Gasteiger partial charge in [-0.3, -0.25) is 4.79 Å². The minimum atomic E-state index is -1.21. The molecule has 0 aromatic carbocycles. The Hall–Kier alpha value is -1.88. The molecule has 0 unspecified atom stereocenters. The highest BCUT2D eigenvalue weighted by molar-refractivity contribution is 6.29. The van der Waals surface area contributed by atoms with Crippen molar-refractivity contribution in [2.24, 2.45) is 0 Å². The number of halogens is 1. The number of aromatic nitrogens is 2. The van der Waals surface area contributed by atoms with Gasteiger partial charge in [0.1, 0.15) is 16.5 Å². The quantitative estimate of drug-likeness (QED) is 0.715. The highest BCUT2D eigenvalue weighted by Crippen LogP contribution is 2.10. The van der Waals surface area contributed by atoms with E-state index in [2.05, 4.69) is 9.97 Å². The lowest BCUT2D eigenvalue weighted by molar-refractivity contribution is 0.0691. The summed E-state index contributed by atoms with van der Waals surface area (Å²) in [6.07, 6.45) is 0. The Kier molecular flexibility index (Phi) is 2.17. The third-order valence-corrected chi connectivity index (χ3v) is 2.10. The number of carboxylic acid groups (broad SMARTS) is 1. The van der Waals surface area contributed by atoms with Gasteiger partial charge in [0.2, 0.25) is 0 Å². The second kappa shape index (κ2) is 3.36.